The lowest BCUT2D eigenvalue weighted by Crippen LogP contribution is -3.05. The monoisotopic (exact) mass is 148 g/mol. The van der Waals surface area contributed by atoms with Crippen molar-refractivity contribution < 1.29 is 10.1 Å². The van der Waals surface area contributed by atoms with Crippen LogP contribution < -0.4 is 11.0 Å². The van der Waals surface area contributed by atoms with Crippen molar-refractivity contribution >= 4 is 0 Å². The molecule has 0 aromatic rings. The number of nitrogens with two attached hydrogens (primary N) is 1. The van der Waals surface area contributed by atoms with Gasteiger partial charge in [0.05, 0.1) is 7.05 Å². The quantitative estimate of drug-likeness (QED) is 0.413. The van der Waals surface area contributed by atoms with Gasteiger partial charge in [0.1, 0.15) is 0 Å². The molecule has 0 amide bonds. The third-order valence-corrected chi connectivity index (χ3v) is 1.54. The zero-order valence-electron chi connectivity index (χ0n) is 6.81. The standard InChI is InChI=1S/C6H16N2O2/c1-4-6(7,5-2)10-8(3)9/h8H,4-5,7H2,1-3H3. The average Bonchev–Trinajstić information content (AvgIpc) is 1.87. The second-order valence-corrected chi connectivity index (χ2v) is 2.37. The first-order valence-electron chi connectivity index (χ1n) is 3.52. The van der Waals surface area contributed by atoms with Crippen molar-refractivity contribution in [1.82, 2.24) is 0 Å². The number of hydrogen-bond acceptors (Lipinski definition) is 3. The van der Waals surface area contributed by atoms with Crippen LogP contribution in [-0.2, 0) is 4.84 Å². The van der Waals surface area contributed by atoms with Crippen LogP contribution in [0.25, 0.3) is 0 Å². The van der Waals surface area contributed by atoms with E-state index in [4.69, 9.17) is 10.6 Å². The smallest absolute Gasteiger partial charge is 0.175 e. The topological polar surface area (TPSA) is 62.8 Å². The Morgan fingerprint density at radius 3 is 2.00 bits per heavy atom. The van der Waals surface area contributed by atoms with E-state index in [0.29, 0.717) is 12.8 Å². The second kappa shape index (κ2) is 3.88. The first-order chi connectivity index (χ1) is 4.54. The summed E-state index contributed by atoms with van der Waals surface area (Å²) in [5.74, 6) is 0. The van der Waals surface area contributed by atoms with E-state index in [2.05, 4.69) is 0 Å². The maximum absolute atomic E-state index is 10.5. The Kier molecular flexibility index (Phi) is 3.81. The van der Waals surface area contributed by atoms with E-state index in [1.54, 1.807) is 0 Å². The normalized spacial score (nSPS) is 15.3. The van der Waals surface area contributed by atoms with Gasteiger partial charge < -0.3 is 5.21 Å². The molecule has 0 aliphatic carbocycles. The van der Waals surface area contributed by atoms with Gasteiger partial charge in [-0.05, 0) is 12.8 Å². The molecule has 0 radical (unpaired) electrons. The minimum Gasteiger partial charge on any atom is -0.600 e. The summed E-state index contributed by atoms with van der Waals surface area (Å²) in [6.07, 6.45) is 1.31. The molecule has 0 aromatic heterocycles. The van der Waals surface area contributed by atoms with Crippen LogP contribution in [0.2, 0.25) is 0 Å². The van der Waals surface area contributed by atoms with Gasteiger partial charge in [-0.3, -0.25) is 5.73 Å². The summed E-state index contributed by atoms with van der Waals surface area (Å²) in [4.78, 5) is 4.88. The molecule has 0 aliphatic rings. The summed E-state index contributed by atoms with van der Waals surface area (Å²) in [5, 5.41) is 10.2. The van der Waals surface area contributed by atoms with Gasteiger partial charge in [0.2, 0.25) is 0 Å². The molecule has 0 saturated carbocycles. The summed E-state index contributed by atoms with van der Waals surface area (Å²) >= 11 is 0. The summed E-state index contributed by atoms with van der Waals surface area (Å²) in [6, 6.07) is 0. The fraction of sp³-hybridized carbons (Fsp3) is 1.00. The lowest BCUT2D eigenvalue weighted by molar-refractivity contribution is -1.05. The van der Waals surface area contributed by atoms with Crippen molar-refractivity contribution in [2.45, 2.75) is 32.4 Å². The maximum atomic E-state index is 10.5. The Labute approximate surface area is 61.5 Å². The van der Waals surface area contributed by atoms with Crippen LogP contribution in [0.5, 0.6) is 0 Å². The fourth-order valence-corrected chi connectivity index (χ4v) is 0.681. The van der Waals surface area contributed by atoms with Crippen molar-refractivity contribution in [3.63, 3.8) is 0 Å². The molecule has 0 bridgehead atoms. The van der Waals surface area contributed by atoms with E-state index >= 15 is 0 Å². The third-order valence-electron chi connectivity index (χ3n) is 1.54. The van der Waals surface area contributed by atoms with Crippen LogP contribution in [0, 0.1) is 5.21 Å². The van der Waals surface area contributed by atoms with Crippen LogP contribution in [0.1, 0.15) is 26.7 Å². The first-order valence-corrected chi connectivity index (χ1v) is 3.52. The minimum atomic E-state index is -0.744. The second-order valence-electron chi connectivity index (χ2n) is 2.37. The first kappa shape index (κ1) is 9.84. The van der Waals surface area contributed by atoms with Crippen LogP contribution in [0.3, 0.4) is 0 Å². The summed E-state index contributed by atoms with van der Waals surface area (Å²) in [5.41, 5.74) is 4.91. The molecule has 0 fully saturated rings. The van der Waals surface area contributed by atoms with Crippen molar-refractivity contribution in [2.75, 3.05) is 7.05 Å². The van der Waals surface area contributed by atoms with E-state index < -0.39 is 5.72 Å². The third kappa shape index (κ3) is 3.12. The van der Waals surface area contributed by atoms with Gasteiger partial charge in [0, 0.05) is 0 Å². The average molecular weight is 148 g/mol. The highest BCUT2D eigenvalue weighted by Gasteiger charge is 2.24. The number of hydrogen-bond donors (Lipinski definition) is 2. The zero-order valence-corrected chi connectivity index (χ0v) is 6.81. The number of hydroxylamine groups is 2. The van der Waals surface area contributed by atoms with Crippen LogP contribution in [-0.4, -0.2) is 12.8 Å². The Morgan fingerprint density at radius 2 is 1.90 bits per heavy atom. The Morgan fingerprint density at radius 1 is 1.50 bits per heavy atom. The number of quaternary nitrogens is 1. The van der Waals surface area contributed by atoms with Gasteiger partial charge in [-0.2, -0.15) is 4.84 Å². The summed E-state index contributed by atoms with van der Waals surface area (Å²) in [7, 11) is 1.37. The highest BCUT2D eigenvalue weighted by Crippen LogP contribution is 2.08. The largest absolute Gasteiger partial charge is 0.600 e. The highest BCUT2D eigenvalue weighted by atomic mass is 16.9. The van der Waals surface area contributed by atoms with E-state index in [1.165, 1.54) is 7.05 Å². The molecular weight excluding hydrogens is 132 g/mol. The Hall–Kier alpha value is -0.160. The lowest BCUT2D eigenvalue weighted by atomic mass is 10.1. The van der Waals surface area contributed by atoms with Gasteiger partial charge in [-0.15, -0.1) is 0 Å². The fourth-order valence-electron chi connectivity index (χ4n) is 0.681. The molecule has 62 valence electrons. The molecule has 0 rings (SSSR count). The van der Waals surface area contributed by atoms with Gasteiger partial charge in [0.15, 0.2) is 5.72 Å². The molecule has 1 atom stereocenters. The molecule has 1 unspecified atom stereocenters. The van der Waals surface area contributed by atoms with Crippen molar-refractivity contribution in [3.8, 4) is 0 Å². The zero-order chi connectivity index (χ0) is 8.20. The van der Waals surface area contributed by atoms with Crippen molar-refractivity contribution in [1.29, 1.82) is 0 Å². The van der Waals surface area contributed by atoms with Crippen LogP contribution in [0.4, 0.5) is 0 Å². The van der Waals surface area contributed by atoms with Crippen molar-refractivity contribution in [3.05, 3.63) is 5.21 Å². The molecule has 0 saturated heterocycles. The highest BCUT2D eigenvalue weighted by molar-refractivity contribution is 4.65. The molecule has 4 heteroatoms. The van der Waals surface area contributed by atoms with Crippen LogP contribution >= 0.6 is 0 Å². The molecular formula is C6H16N2O2. The molecule has 0 spiro atoms. The number of nitrogens with one attached hydrogen (secondary N) is 1. The van der Waals surface area contributed by atoms with E-state index in [-0.39, 0.29) is 5.23 Å². The molecule has 0 aliphatic heterocycles. The van der Waals surface area contributed by atoms with Gasteiger partial charge in [-0.1, -0.05) is 13.8 Å². The van der Waals surface area contributed by atoms with E-state index in [1.807, 2.05) is 13.8 Å². The minimum absolute atomic E-state index is 0.314. The lowest BCUT2D eigenvalue weighted by Gasteiger charge is -2.29. The number of rotatable bonds is 4. The van der Waals surface area contributed by atoms with Gasteiger partial charge in [-0.25, -0.2) is 5.23 Å². The van der Waals surface area contributed by atoms with E-state index in [0.717, 1.165) is 0 Å². The van der Waals surface area contributed by atoms with Gasteiger partial charge in [0.25, 0.3) is 0 Å². The van der Waals surface area contributed by atoms with Gasteiger partial charge >= 0.3 is 0 Å². The predicted octanol–water partition coefficient (Wildman–Crippen LogP) is -0.594. The predicted molar refractivity (Wildman–Crippen MR) is 38.8 cm³/mol. The maximum Gasteiger partial charge on any atom is 0.175 e. The Balaban J connectivity index is 3.80. The molecule has 3 N–H and O–H groups in total. The summed E-state index contributed by atoms with van der Waals surface area (Å²) < 4.78 is 0. The molecule has 0 heterocycles. The molecule has 10 heavy (non-hydrogen) atoms. The molecule has 4 nitrogen and oxygen atoms in total. The molecule has 0 aromatic carbocycles. The van der Waals surface area contributed by atoms with E-state index in [9.17, 15) is 5.21 Å². The van der Waals surface area contributed by atoms with Crippen LogP contribution in [0.15, 0.2) is 0 Å². The van der Waals surface area contributed by atoms with Crippen molar-refractivity contribution in [2.24, 2.45) is 5.73 Å². The SMILES string of the molecule is CCC(N)(CC)O[NH+](C)[O-]. The summed E-state index contributed by atoms with van der Waals surface area (Å²) in [6.45, 7) is 3.79. The Bertz CT molecular complexity index is 91.7.